The monoisotopic (exact) mass is 353 g/mol. The summed E-state index contributed by atoms with van der Waals surface area (Å²) in [6, 6.07) is 15.7. The molecule has 0 aromatic heterocycles. The first-order valence-corrected chi connectivity index (χ1v) is 9.18. The van der Waals surface area contributed by atoms with Crippen LogP contribution in [0.1, 0.15) is 30.9 Å². The van der Waals surface area contributed by atoms with Gasteiger partial charge in [-0.15, -0.1) is 0 Å². The van der Waals surface area contributed by atoms with E-state index in [1.807, 2.05) is 53.4 Å². The van der Waals surface area contributed by atoms with Gasteiger partial charge in [0.05, 0.1) is 19.1 Å². The molecule has 1 atom stereocenters. The molecule has 1 unspecified atom stereocenters. The summed E-state index contributed by atoms with van der Waals surface area (Å²) in [6.45, 7) is 2.35. The molecule has 136 valence electrons. The third kappa shape index (κ3) is 3.62. The Morgan fingerprint density at radius 1 is 1.08 bits per heavy atom. The first-order chi connectivity index (χ1) is 12.8. The molecule has 2 aliphatic rings. The number of ether oxygens (including phenoxy) is 3. The van der Waals surface area contributed by atoms with E-state index >= 15 is 0 Å². The lowest BCUT2D eigenvalue weighted by Crippen LogP contribution is -2.31. The van der Waals surface area contributed by atoms with Crippen molar-refractivity contribution >= 4 is 5.91 Å². The zero-order chi connectivity index (χ0) is 17.8. The summed E-state index contributed by atoms with van der Waals surface area (Å²) in [5, 5.41) is 0. The molecule has 2 aromatic rings. The van der Waals surface area contributed by atoms with Gasteiger partial charge in [0.2, 0.25) is 5.91 Å². The molecule has 4 rings (SSSR count). The average molecular weight is 353 g/mol. The first-order valence-electron chi connectivity index (χ1n) is 9.18. The molecule has 0 N–H and O–H groups in total. The third-order valence-electron chi connectivity index (χ3n) is 4.85. The lowest BCUT2D eigenvalue weighted by molar-refractivity contribution is -0.132. The lowest BCUT2D eigenvalue weighted by Gasteiger charge is -2.27. The second-order valence-corrected chi connectivity index (χ2v) is 6.56. The zero-order valence-corrected chi connectivity index (χ0v) is 14.7. The lowest BCUT2D eigenvalue weighted by atomic mass is 10.0. The van der Waals surface area contributed by atoms with Crippen LogP contribution in [-0.4, -0.2) is 37.2 Å². The van der Waals surface area contributed by atoms with Crippen LogP contribution >= 0.6 is 0 Å². The van der Waals surface area contributed by atoms with Crippen LogP contribution in [0.2, 0.25) is 0 Å². The van der Waals surface area contributed by atoms with Crippen LogP contribution in [0.5, 0.6) is 17.2 Å². The van der Waals surface area contributed by atoms with Gasteiger partial charge in [0.25, 0.3) is 0 Å². The number of hydrogen-bond acceptors (Lipinski definition) is 4. The molecular formula is C21H23NO4. The Kier molecular flexibility index (Phi) is 4.95. The largest absolute Gasteiger partial charge is 0.493 e. The van der Waals surface area contributed by atoms with Crippen molar-refractivity contribution in [2.75, 3.05) is 26.4 Å². The highest BCUT2D eigenvalue weighted by Crippen LogP contribution is 2.38. The molecule has 5 heteroatoms. The summed E-state index contributed by atoms with van der Waals surface area (Å²) in [5.41, 5.74) is 1.11. The third-order valence-corrected chi connectivity index (χ3v) is 4.85. The molecular weight excluding hydrogens is 330 g/mol. The molecule has 2 heterocycles. The Hall–Kier alpha value is -2.69. The molecule has 1 saturated heterocycles. The van der Waals surface area contributed by atoms with E-state index in [1.165, 1.54) is 0 Å². The summed E-state index contributed by atoms with van der Waals surface area (Å²) in [6.07, 6.45) is 2.38. The summed E-state index contributed by atoms with van der Waals surface area (Å²) < 4.78 is 16.9. The van der Waals surface area contributed by atoms with E-state index in [9.17, 15) is 4.79 Å². The molecule has 0 radical (unpaired) electrons. The number of benzene rings is 2. The van der Waals surface area contributed by atoms with Crippen LogP contribution in [0, 0.1) is 0 Å². The predicted molar refractivity (Wildman–Crippen MR) is 97.7 cm³/mol. The maximum atomic E-state index is 12.7. The van der Waals surface area contributed by atoms with Crippen LogP contribution in [0.4, 0.5) is 0 Å². The van der Waals surface area contributed by atoms with E-state index in [2.05, 4.69) is 0 Å². The SMILES string of the molecule is O=C(CCOc1ccccc1)N1CCCC1c1ccc2c(c1)OCCO2. The normalized spacial score (nSPS) is 18.6. The van der Waals surface area contributed by atoms with Crippen molar-refractivity contribution in [1.82, 2.24) is 4.90 Å². The van der Waals surface area contributed by atoms with Gasteiger partial charge < -0.3 is 19.1 Å². The standard InChI is InChI=1S/C21H23NO4/c23-21(10-12-24-17-5-2-1-3-6-17)22-11-4-7-18(22)16-8-9-19-20(15-16)26-14-13-25-19/h1-3,5-6,8-9,15,18H,4,7,10-14H2. The number of fused-ring (bicyclic) bond motifs is 1. The first kappa shape index (κ1) is 16.8. The van der Waals surface area contributed by atoms with Gasteiger partial charge in [0, 0.05) is 6.54 Å². The van der Waals surface area contributed by atoms with Gasteiger partial charge in [-0.05, 0) is 42.7 Å². The van der Waals surface area contributed by atoms with Crippen molar-refractivity contribution < 1.29 is 19.0 Å². The van der Waals surface area contributed by atoms with E-state index < -0.39 is 0 Å². The molecule has 2 aromatic carbocycles. The number of nitrogens with zero attached hydrogens (tertiary/aromatic N) is 1. The maximum Gasteiger partial charge on any atom is 0.226 e. The number of para-hydroxylation sites is 1. The van der Waals surface area contributed by atoms with Gasteiger partial charge in [0.15, 0.2) is 11.5 Å². The van der Waals surface area contributed by atoms with Crippen LogP contribution in [0.3, 0.4) is 0 Å². The molecule has 0 saturated carbocycles. The molecule has 1 amide bonds. The van der Waals surface area contributed by atoms with E-state index in [0.717, 1.165) is 42.2 Å². The van der Waals surface area contributed by atoms with Gasteiger partial charge in [0.1, 0.15) is 19.0 Å². The minimum Gasteiger partial charge on any atom is -0.493 e. The number of likely N-dealkylation sites (tertiary alicyclic amines) is 1. The Balaban J connectivity index is 1.39. The zero-order valence-electron chi connectivity index (χ0n) is 14.7. The quantitative estimate of drug-likeness (QED) is 0.824. The van der Waals surface area contributed by atoms with Crippen LogP contribution < -0.4 is 14.2 Å². The van der Waals surface area contributed by atoms with Crippen molar-refractivity contribution in [3.05, 3.63) is 54.1 Å². The minimum absolute atomic E-state index is 0.107. The maximum absolute atomic E-state index is 12.7. The summed E-state index contributed by atoms with van der Waals surface area (Å²) in [5.74, 6) is 2.50. The van der Waals surface area contributed by atoms with Gasteiger partial charge in [-0.25, -0.2) is 0 Å². The van der Waals surface area contributed by atoms with Crippen molar-refractivity contribution in [2.24, 2.45) is 0 Å². The number of amides is 1. The Labute approximate surface area is 153 Å². The number of rotatable bonds is 5. The summed E-state index contributed by atoms with van der Waals surface area (Å²) in [7, 11) is 0. The fraction of sp³-hybridized carbons (Fsp3) is 0.381. The average Bonchev–Trinajstić information content (AvgIpc) is 3.18. The van der Waals surface area contributed by atoms with E-state index in [4.69, 9.17) is 14.2 Å². The van der Waals surface area contributed by atoms with Crippen molar-refractivity contribution in [1.29, 1.82) is 0 Å². The Morgan fingerprint density at radius 3 is 2.73 bits per heavy atom. The van der Waals surface area contributed by atoms with E-state index in [-0.39, 0.29) is 11.9 Å². The Morgan fingerprint density at radius 2 is 1.88 bits per heavy atom. The van der Waals surface area contributed by atoms with Gasteiger partial charge >= 0.3 is 0 Å². The molecule has 0 bridgehead atoms. The highest BCUT2D eigenvalue weighted by molar-refractivity contribution is 5.77. The predicted octanol–water partition coefficient (Wildman–Crippen LogP) is 3.59. The van der Waals surface area contributed by atoms with E-state index in [1.54, 1.807) is 0 Å². The number of hydrogen-bond donors (Lipinski definition) is 0. The number of carbonyl (C=O) groups excluding carboxylic acids is 1. The van der Waals surface area contributed by atoms with Crippen LogP contribution in [0.15, 0.2) is 48.5 Å². The fourth-order valence-electron chi connectivity index (χ4n) is 3.60. The second kappa shape index (κ2) is 7.68. The fourth-order valence-corrected chi connectivity index (χ4v) is 3.60. The van der Waals surface area contributed by atoms with Crippen molar-refractivity contribution in [2.45, 2.75) is 25.3 Å². The van der Waals surface area contributed by atoms with Gasteiger partial charge in [-0.1, -0.05) is 24.3 Å². The van der Waals surface area contributed by atoms with E-state index in [0.29, 0.717) is 26.2 Å². The topological polar surface area (TPSA) is 48.0 Å². The molecule has 2 aliphatic heterocycles. The molecule has 26 heavy (non-hydrogen) atoms. The second-order valence-electron chi connectivity index (χ2n) is 6.56. The molecule has 0 spiro atoms. The summed E-state index contributed by atoms with van der Waals surface area (Å²) >= 11 is 0. The van der Waals surface area contributed by atoms with Crippen LogP contribution in [0.25, 0.3) is 0 Å². The van der Waals surface area contributed by atoms with Crippen LogP contribution in [-0.2, 0) is 4.79 Å². The smallest absolute Gasteiger partial charge is 0.226 e. The highest BCUT2D eigenvalue weighted by atomic mass is 16.6. The number of carbonyl (C=O) groups is 1. The van der Waals surface area contributed by atoms with Crippen molar-refractivity contribution in [3.63, 3.8) is 0 Å². The van der Waals surface area contributed by atoms with Gasteiger partial charge in [-0.3, -0.25) is 4.79 Å². The van der Waals surface area contributed by atoms with Crippen molar-refractivity contribution in [3.8, 4) is 17.2 Å². The summed E-state index contributed by atoms with van der Waals surface area (Å²) in [4.78, 5) is 14.7. The molecule has 5 nitrogen and oxygen atoms in total. The molecule has 1 fully saturated rings. The highest BCUT2D eigenvalue weighted by Gasteiger charge is 2.30. The van der Waals surface area contributed by atoms with Gasteiger partial charge in [-0.2, -0.15) is 0 Å². The molecule has 0 aliphatic carbocycles. The Bertz CT molecular complexity index is 762. The minimum atomic E-state index is 0.107.